The smallest absolute Gasteiger partial charge is 0.0776 e. The molecule has 1 aliphatic rings. The van der Waals surface area contributed by atoms with E-state index in [1.165, 1.54) is 5.57 Å². The molecule has 1 nitrogen and oxygen atoms in total. The van der Waals surface area contributed by atoms with Crippen molar-refractivity contribution in [3.05, 3.63) is 84.1 Å². The molecule has 0 unspecified atom stereocenters. The molecule has 0 atom stereocenters. The molecule has 0 fully saturated rings. The molecule has 0 aromatic heterocycles. The van der Waals surface area contributed by atoms with Gasteiger partial charge < -0.3 is 0 Å². The van der Waals surface area contributed by atoms with E-state index >= 15 is 0 Å². The van der Waals surface area contributed by atoms with Crippen LogP contribution in [0.15, 0.2) is 83.6 Å². The molecule has 0 amide bonds. The van der Waals surface area contributed by atoms with E-state index in [4.69, 9.17) is 0 Å². The summed E-state index contributed by atoms with van der Waals surface area (Å²) in [6.07, 6.45) is 11.2. The van der Waals surface area contributed by atoms with Gasteiger partial charge in [0.1, 0.15) is 0 Å². The van der Waals surface area contributed by atoms with E-state index < -0.39 is 0 Å². The van der Waals surface area contributed by atoms with Gasteiger partial charge in [0.2, 0.25) is 0 Å². The van der Waals surface area contributed by atoms with Crippen molar-refractivity contribution in [2.45, 2.75) is 13.3 Å². The van der Waals surface area contributed by atoms with Crippen LogP contribution in [0, 0.1) is 0 Å². The van der Waals surface area contributed by atoms with Gasteiger partial charge in [0.05, 0.1) is 5.71 Å². The van der Waals surface area contributed by atoms with E-state index in [2.05, 4.69) is 54.9 Å². The highest BCUT2D eigenvalue weighted by atomic mass is 14.7. The minimum absolute atomic E-state index is 0.969. The summed E-state index contributed by atoms with van der Waals surface area (Å²) in [6, 6.07) is 10.2. The molecule has 0 radical (unpaired) electrons. The molecule has 0 bridgehead atoms. The average molecular weight is 235 g/mol. The third-order valence-electron chi connectivity index (χ3n) is 2.87. The third-order valence-corrected chi connectivity index (χ3v) is 2.87. The Morgan fingerprint density at radius 3 is 2.61 bits per heavy atom. The minimum atomic E-state index is 0.969. The lowest BCUT2D eigenvalue weighted by Gasteiger charge is -2.09. The van der Waals surface area contributed by atoms with Gasteiger partial charge in [-0.1, -0.05) is 61.2 Å². The SMILES string of the molecule is C=CN=C(C1=C(C)C=CCC=C1)c1ccccc1. The van der Waals surface area contributed by atoms with Crippen LogP contribution in [-0.4, -0.2) is 5.71 Å². The average Bonchev–Trinajstić information content (AvgIpc) is 2.62. The van der Waals surface area contributed by atoms with Gasteiger partial charge in [-0.05, 0) is 18.9 Å². The second-order valence-corrected chi connectivity index (χ2v) is 4.16. The van der Waals surface area contributed by atoms with Crippen molar-refractivity contribution in [1.82, 2.24) is 0 Å². The van der Waals surface area contributed by atoms with Crippen LogP contribution in [-0.2, 0) is 0 Å². The van der Waals surface area contributed by atoms with Gasteiger partial charge in [0.25, 0.3) is 0 Å². The summed E-state index contributed by atoms with van der Waals surface area (Å²) in [7, 11) is 0. The molecular formula is C17H17N. The van der Waals surface area contributed by atoms with Gasteiger partial charge in [-0.15, -0.1) is 0 Å². The molecule has 1 aromatic rings. The topological polar surface area (TPSA) is 12.4 Å². The van der Waals surface area contributed by atoms with Crippen LogP contribution in [0.1, 0.15) is 18.9 Å². The molecule has 90 valence electrons. The van der Waals surface area contributed by atoms with Crippen LogP contribution in [0.5, 0.6) is 0 Å². The predicted octanol–water partition coefficient (Wildman–Crippen LogP) is 4.45. The first kappa shape index (κ1) is 12.3. The van der Waals surface area contributed by atoms with Crippen LogP contribution in [0.2, 0.25) is 0 Å². The van der Waals surface area contributed by atoms with Crippen LogP contribution in [0.3, 0.4) is 0 Å². The van der Waals surface area contributed by atoms with Crippen molar-refractivity contribution in [2.24, 2.45) is 4.99 Å². The van der Waals surface area contributed by atoms with E-state index in [-0.39, 0.29) is 0 Å². The fraction of sp³-hybridized carbons (Fsp3) is 0.118. The van der Waals surface area contributed by atoms with Crippen molar-refractivity contribution in [2.75, 3.05) is 0 Å². The number of allylic oxidation sites excluding steroid dienone is 6. The third kappa shape index (κ3) is 2.75. The van der Waals surface area contributed by atoms with Crippen molar-refractivity contribution in [3.8, 4) is 0 Å². The molecule has 1 aliphatic carbocycles. The van der Waals surface area contributed by atoms with E-state index in [9.17, 15) is 0 Å². The predicted molar refractivity (Wildman–Crippen MR) is 78.8 cm³/mol. The maximum atomic E-state index is 4.45. The Hall–Kier alpha value is -2.15. The maximum Gasteiger partial charge on any atom is 0.0776 e. The van der Waals surface area contributed by atoms with Gasteiger partial charge >= 0.3 is 0 Å². The van der Waals surface area contributed by atoms with E-state index in [1.807, 2.05) is 18.2 Å². The molecule has 2 rings (SSSR count). The molecule has 0 aliphatic heterocycles. The first-order chi connectivity index (χ1) is 8.83. The van der Waals surface area contributed by atoms with Crippen LogP contribution < -0.4 is 0 Å². The van der Waals surface area contributed by atoms with E-state index in [0.717, 1.165) is 23.3 Å². The van der Waals surface area contributed by atoms with Crippen molar-refractivity contribution in [1.29, 1.82) is 0 Å². The molecule has 0 heterocycles. The number of aliphatic imine (C=N–C) groups is 1. The first-order valence-corrected chi connectivity index (χ1v) is 6.11. The van der Waals surface area contributed by atoms with Crippen molar-refractivity contribution < 1.29 is 0 Å². The summed E-state index contributed by atoms with van der Waals surface area (Å²) >= 11 is 0. The zero-order chi connectivity index (χ0) is 12.8. The Kier molecular flexibility index (Phi) is 4.08. The van der Waals surface area contributed by atoms with Crippen molar-refractivity contribution in [3.63, 3.8) is 0 Å². The molecular weight excluding hydrogens is 218 g/mol. The summed E-state index contributed by atoms with van der Waals surface area (Å²) in [5.41, 5.74) is 4.49. The quantitative estimate of drug-likeness (QED) is 0.686. The summed E-state index contributed by atoms with van der Waals surface area (Å²) < 4.78 is 0. The van der Waals surface area contributed by atoms with Crippen LogP contribution >= 0.6 is 0 Å². The lowest BCUT2D eigenvalue weighted by atomic mass is 9.98. The summed E-state index contributed by atoms with van der Waals surface area (Å²) in [4.78, 5) is 4.45. The van der Waals surface area contributed by atoms with Crippen molar-refractivity contribution >= 4 is 5.71 Å². The largest absolute Gasteiger partial charge is 0.256 e. The van der Waals surface area contributed by atoms with Gasteiger partial charge in [-0.2, -0.15) is 0 Å². The fourth-order valence-corrected chi connectivity index (χ4v) is 1.98. The zero-order valence-corrected chi connectivity index (χ0v) is 10.6. The highest BCUT2D eigenvalue weighted by Gasteiger charge is 2.09. The second kappa shape index (κ2) is 5.97. The van der Waals surface area contributed by atoms with Crippen LogP contribution in [0.25, 0.3) is 0 Å². The maximum absolute atomic E-state index is 4.45. The minimum Gasteiger partial charge on any atom is -0.256 e. The fourth-order valence-electron chi connectivity index (χ4n) is 1.98. The Bertz CT molecular complexity index is 542. The number of hydrogen-bond donors (Lipinski definition) is 0. The molecule has 1 heteroatoms. The first-order valence-electron chi connectivity index (χ1n) is 6.11. The zero-order valence-electron chi connectivity index (χ0n) is 10.6. The van der Waals surface area contributed by atoms with E-state index in [0.29, 0.717) is 0 Å². The Balaban J connectivity index is 2.53. The van der Waals surface area contributed by atoms with Gasteiger partial charge in [-0.25, -0.2) is 0 Å². The Morgan fingerprint density at radius 1 is 1.17 bits per heavy atom. The number of rotatable bonds is 3. The summed E-state index contributed by atoms with van der Waals surface area (Å²) in [6.45, 7) is 5.83. The molecule has 0 saturated carbocycles. The monoisotopic (exact) mass is 235 g/mol. The molecule has 0 saturated heterocycles. The van der Waals surface area contributed by atoms with Gasteiger partial charge in [0.15, 0.2) is 0 Å². The number of hydrogen-bond acceptors (Lipinski definition) is 1. The molecule has 0 spiro atoms. The Labute approximate surface area is 109 Å². The van der Waals surface area contributed by atoms with Gasteiger partial charge in [0, 0.05) is 17.3 Å². The van der Waals surface area contributed by atoms with Gasteiger partial charge in [-0.3, -0.25) is 4.99 Å². The second-order valence-electron chi connectivity index (χ2n) is 4.16. The highest BCUT2D eigenvalue weighted by molar-refractivity contribution is 6.15. The van der Waals surface area contributed by atoms with E-state index in [1.54, 1.807) is 6.20 Å². The lowest BCUT2D eigenvalue weighted by Crippen LogP contribution is -2.04. The number of nitrogens with zero attached hydrogens (tertiary/aromatic N) is 1. The summed E-state index contributed by atoms with van der Waals surface area (Å²) in [5.74, 6) is 0. The highest BCUT2D eigenvalue weighted by Crippen LogP contribution is 2.19. The standard InChI is InChI=1S/C17H17N/c1-3-18-17(15-11-7-5-8-12-15)16-13-9-4-6-10-14(16)2/h3,5-13H,1,4H2,2H3. The lowest BCUT2D eigenvalue weighted by molar-refractivity contribution is 1.40. The summed E-state index contributed by atoms with van der Waals surface area (Å²) in [5, 5.41) is 0. The van der Waals surface area contributed by atoms with Crippen LogP contribution in [0.4, 0.5) is 0 Å². The molecule has 18 heavy (non-hydrogen) atoms. The normalized spacial score (nSPS) is 15.7. The molecule has 1 aromatic carbocycles. The Morgan fingerprint density at radius 2 is 1.89 bits per heavy atom. The molecule has 0 N–H and O–H groups in total. The number of benzene rings is 1.